The van der Waals surface area contributed by atoms with E-state index in [-0.39, 0.29) is 30.2 Å². The number of nitrogens with zero attached hydrogens (tertiary/aromatic N) is 1. The molecule has 0 aliphatic heterocycles. The summed E-state index contributed by atoms with van der Waals surface area (Å²) in [6.07, 6.45) is 0.523. The first kappa shape index (κ1) is 31.2. The Labute approximate surface area is 232 Å². The van der Waals surface area contributed by atoms with Crippen LogP contribution in [-0.4, -0.2) is 50.4 Å². The topological polar surface area (TPSA) is 124 Å². The first-order valence-electron chi connectivity index (χ1n) is 12.4. The lowest BCUT2D eigenvalue weighted by atomic mass is 10.0. The molecule has 2 aromatic carbocycles. The molecule has 0 spiro atoms. The normalized spacial score (nSPS) is 12.7. The molecule has 2 atom stereocenters. The number of benzene rings is 2. The number of aryl methyl sites for hydroxylation is 2. The zero-order valence-electron chi connectivity index (χ0n) is 22.6. The molecule has 2 rings (SSSR count). The molecule has 0 fully saturated rings. The predicted octanol–water partition coefficient (Wildman–Crippen LogP) is 5.83. The molecule has 38 heavy (non-hydrogen) atoms. The summed E-state index contributed by atoms with van der Waals surface area (Å²) in [4.78, 5) is 51.1. The van der Waals surface area contributed by atoms with Crippen LogP contribution in [-0.2, 0) is 9.59 Å². The van der Waals surface area contributed by atoms with Crippen LogP contribution in [0.2, 0.25) is 0 Å². The monoisotopic (exact) mass is 560 g/mol. The predicted molar refractivity (Wildman–Crippen MR) is 151 cm³/mol. The van der Waals surface area contributed by atoms with Gasteiger partial charge in [0, 0.05) is 21.4 Å². The van der Waals surface area contributed by atoms with Gasteiger partial charge < -0.3 is 15.5 Å². The van der Waals surface area contributed by atoms with Crippen molar-refractivity contribution in [2.45, 2.75) is 71.4 Å². The minimum absolute atomic E-state index is 0.0177. The van der Waals surface area contributed by atoms with Crippen LogP contribution in [0.25, 0.3) is 0 Å². The van der Waals surface area contributed by atoms with Crippen LogP contribution in [0.15, 0.2) is 47.4 Å². The number of aliphatic carboxylic acids is 2. The fourth-order valence-corrected chi connectivity index (χ4v) is 6.19. The Morgan fingerprint density at radius 1 is 0.868 bits per heavy atom. The Hall–Kier alpha value is -2.98. The lowest BCUT2D eigenvalue weighted by Crippen LogP contribution is -2.42. The largest absolute Gasteiger partial charge is 0.480 e. The van der Waals surface area contributed by atoms with Crippen molar-refractivity contribution in [2.75, 3.05) is 0 Å². The smallest absolute Gasteiger partial charge is 0.327 e. The van der Waals surface area contributed by atoms with Gasteiger partial charge in [-0.15, -0.1) is 0 Å². The number of carbonyl (C=O) groups excluding carboxylic acids is 2. The number of hydrogen-bond donors (Lipinski definition) is 3. The van der Waals surface area contributed by atoms with Gasteiger partial charge in [0.05, 0.1) is 5.56 Å². The van der Waals surface area contributed by atoms with Crippen LogP contribution in [0.4, 0.5) is 0 Å². The van der Waals surface area contributed by atoms with Gasteiger partial charge >= 0.3 is 11.9 Å². The molecule has 0 unspecified atom stereocenters. The number of nitrogens with one attached hydrogen (secondary N) is 1. The quantitative estimate of drug-likeness (QED) is 0.207. The maximum atomic E-state index is 13.5. The van der Waals surface area contributed by atoms with Crippen molar-refractivity contribution >= 4 is 45.5 Å². The van der Waals surface area contributed by atoms with Crippen LogP contribution < -0.4 is 5.32 Å². The molecule has 2 aromatic rings. The molecular weight excluding hydrogens is 524 g/mol. The summed E-state index contributed by atoms with van der Waals surface area (Å²) >= 11 is 0. The third-order valence-corrected chi connectivity index (χ3v) is 8.06. The van der Waals surface area contributed by atoms with E-state index in [0.717, 1.165) is 32.9 Å². The summed E-state index contributed by atoms with van der Waals surface area (Å²) in [6.45, 7) is 11.2. The van der Waals surface area contributed by atoms with Crippen LogP contribution in [0.5, 0.6) is 0 Å². The summed E-state index contributed by atoms with van der Waals surface area (Å²) in [7, 11) is 2.05. The van der Waals surface area contributed by atoms with Crippen molar-refractivity contribution in [1.82, 2.24) is 9.62 Å². The highest BCUT2D eigenvalue weighted by Gasteiger charge is 2.33. The number of amides is 2. The second-order valence-electron chi connectivity index (χ2n) is 10.1. The molecule has 0 heterocycles. The highest BCUT2D eigenvalue weighted by atomic mass is 33.1. The maximum absolute atomic E-state index is 13.5. The number of carboxylic acid groups (broad SMARTS) is 2. The molecule has 8 nitrogen and oxygen atoms in total. The van der Waals surface area contributed by atoms with Crippen LogP contribution >= 0.6 is 21.8 Å². The average Bonchev–Trinajstić information content (AvgIpc) is 2.82. The fourth-order valence-electron chi connectivity index (χ4n) is 3.78. The number of hydrogen-bond acceptors (Lipinski definition) is 6. The van der Waals surface area contributed by atoms with Gasteiger partial charge in [0.25, 0.3) is 11.8 Å². The highest BCUT2D eigenvalue weighted by molar-refractivity contribution is 8.76. The van der Waals surface area contributed by atoms with E-state index in [0.29, 0.717) is 10.5 Å². The van der Waals surface area contributed by atoms with Crippen molar-refractivity contribution in [1.29, 1.82) is 0 Å². The van der Waals surface area contributed by atoms with Crippen molar-refractivity contribution < 1.29 is 29.4 Å². The third kappa shape index (κ3) is 9.09. The molecule has 2 amide bonds. The van der Waals surface area contributed by atoms with Crippen molar-refractivity contribution in [3.63, 3.8) is 0 Å². The van der Waals surface area contributed by atoms with Gasteiger partial charge in [-0.05, 0) is 73.6 Å². The van der Waals surface area contributed by atoms with Gasteiger partial charge in [0.1, 0.15) is 12.1 Å². The summed E-state index contributed by atoms with van der Waals surface area (Å²) in [6, 6.07) is 9.99. The summed E-state index contributed by atoms with van der Waals surface area (Å²) in [5, 5.41) is 22.2. The van der Waals surface area contributed by atoms with Crippen LogP contribution in [0, 0.1) is 25.7 Å². The zero-order valence-corrected chi connectivity index (χ0v) is 24.2. The molecular formula is C28H36N2O6S2. The van der Waals surface area contributed by atoms with E-state index in [1.807, 2.05) is 47.6 Å². The molecule has 0 radical (unpaired) electrons. The minimum atomic E-state index is -1.12. The Kier molecular flexibility index (Phi) is 11.7. The maximum Gasteiger partial charge on any atom is 0.327 e. The lowest BCUT2D eigenvalue weighted by Gasteiger charge is -2.28. The molecule has 0 aromatic heterocycles. The van der Waals surface area contributed by atoms with Crippen LogP contribution in [0.1, 0.15) is 72.4 Å². The van der Waals surface area contributed by atoms with Gasteiger partial charge in [-0.2, -0.15) is 0 Å². The van der Waals surface area contributed by atoms with E-state index >= 15 is 0 Å². The highest BCUT2D eigenvalue weighted by Crippen LogP contribution is 2.39. The standard InChI is InChI=1S/C28H36N2O6S2/c1-16(2)12-22(27(33)34)29-25(31)21-15-19(6)10-11-24(21)37-38-30(23(28(35)36)13-17(3)4)26(32)20-9-7-8-18(5)14-20/h7-11,14-17,22-23H,12-13H2,1-6H3,(H,29,31)(H,33,34)(H,35,36)/t22-,23+/m0/s1. The molecule has 0 aliphatic rings. The van der Waals surface area contributed by atoms with E-state index in [1.165, 1.54) is 4.31 Å². The lowest BCUT2D eigenvalue weighted by molar-refractivity contribution is -0.141. The Bertz CT molecular complexity index is 1170. The van der Waals surface area contributed by atoms with E-state index in [4.69, 9.17) is 0 Å². The van der Waals surface area contributed by atoms with Crippen molar-refractivity contribution in [2.24, 2.45) is 11.8 Å². The van der Waals surface area contributed by atoms with E-state index < -0.39 is 35.8 Å². The molecule has 206 valence electrons. The molecule has 0 saturated heterocycles. The summed E-state index contributed by atoms with van der Waals surface area (Å²) in [5.41, 5.74) is 2.30. The van der Waals surface area contributed by atoms with Crippen LogP contribution in [0.3, 0.4) is 0 Å². The number of rotatable bonds is 13. The third-order valence-electron chi connectivity index (χ3n) is 5.63. The second kappa shape index (κ2) is 14.2. The molecule has 3 N–H and O–H groups in total. The van der Waals surface area contributed by atoms with Gasteiger partial charge in [0.15, 0.2) is 0 Å². The number of carbonyl (C=O) groups is 4. The first-order valence-corrected chi connectivity index (χ1v) is 14.5. The Balaban J connectivity index is 2.40. The second-order valence-corrected chi connectivity index (χ2v) is 12.2. The van der Waals surface area contributed by atoms with Crippen molar-refractivity contribution in [3.05, 3.63) is 64.7 Å². The van der Waals surface area contributed by atoms with Gasteiger partial charge in [-0.25, -0.2) is 9.59 Å². The van der Waals surface area contributed by atoms with Gasteiger partial charge in [0.2, 0.25) is 0 Å². The Morgan fingerprint density at radius 3 is 2.05 bits per heavy atom. The number of carboxylic acids is 2. The summed E-state index contributed by atoms with van der Waals surface area (Å²) < 4.78 is 1.25. The summed E-state index contributed by atoms with van der Waals surface area (Å²) in [5.74, 6) is -3.14. The SMILES string of the molecule is Cc1cccc(C(=O)N(SSc2ccc(C)cc2C(=O)N[C@@H](CC(C)C)C(=O)O)[C@H](CC(C)C)C(=O)O)c1. The van der Waals surface area contributed by atoms with Gasteiger partial charge in [-0.3, -0.25) is 13.9 Å². The van der Waals surface area contributed by atoms with E-state index in [2.05, 4.69) is 5.32 Å². The average molecular weight is 561 g/mol. The Morgan fingerprint density at radius 2 is 1.50 bits per heavy atom. The van der Waals surface area contributed by atoms with E-state index in [9.17, 15) is 29.4 Å². The van der Waals surface area contributed by atoms with Crippen molar-refractivity contribution in [3.8, 4) is 0 Å². The minimum Gasteiger partial charge on any atom is -0.480 e. The zero-order chi connectivity index (χ0) is 28.6. The molecule has 0 bridgehead atoms. The molecule has 0 aliphatic carbocycles. The van der Waals surface area contributed by atoms with Gasteiger partial charge in [-0.1, -0.05) is 57.0 Å². The fraction of sp³-hybridized carbons (Fsp3) is 0.429. The first-order chi connectivity index (χ1) is 17.8. The molecule has 10 heteroatoms. The molecule has 0 saturated carbocycles. The van der Waals surface area contributed by atoms with E-state index in [1.54, 1.807) is 36.4 Å².